The number of methoxy groups -OCH3 is 1. The summed E-state index contributed by atoms with van der Waals surface area (Å²) in [5.41, 5.74) is 3.11. The van der Waals surface area contributed by atoms with Crippen LogP contribution in [0.5, 0.6) is 5.75 Å². The van der Waals surface area contributed by atoms with Gasteiger partial charge in [0.2, 0.25) is 0 Å². The van der Waals surface area contributed by atoms with Gasteiger partial charge in [-0.25, -0.2) is 0 Å². The third kappa shape index (κ3) is 4.00. The first-order chi connectivity index (χ1) is 8.45. The van der Waals surface area contributed by atoms with E-state index in [1.54, 1.807) is 7.11 Å². The maximum Gasteiger partial charge on any atom is 0.125 e. The van der Waals surface area contributed by atoms with Crippen LogP contribution >= 0.6 is 0 Å². The molecule has 18 heavy (non-hydrogen) atoms. The lowest BCUT2D eigenvalue weighted by molar-refractivity contribution is 0.168. The fourth-order valence-electron chi connectivity index (χ4n) is 2.15. The zero-order chi connectivity index (χ0) is 13.7. The second kappa shape index (κ2) is 6.76. The van der Waals surface area contributed by atoms with Crippen molar-refractivity contribution in [3.05, 3.63) is 28.8 Å². The molecule has 0 saturated heterocycles. The number of hydrogen-bond acceptors (Lipinski definition) is 3. The molecule has 0 bridgehead atoms. The number of hydrogen-bond donors (Lipinski definition) is 2. The zero-order valence-corrected chi connectivity index (χ0v) is 12.1. The van der Waals surface area contributed by atoms with Crippen molar-refractivity contribution in [2.45, 2.75) is 33.8 Å². The van der Waals surface area contributed by atoms with Gasteiger partial charge in [0.15, 0.2) is 0 Å². The SMILES string of the molecule is COc1cc(C)cc(C)c1C(O)CNCC(C)C. The van der Waals surface area contributed by atoms with E-state index in [9.17, 15) is 5.11 Å². The van der Waals surface area contributed by atoms with Crippen LogP contribution in [0.3, 0.4) is 0 Å². The molecule has 3 nitrogen and oxygen atoms in total. The number of benzene rings is 1. The molecule has 0 fully saturated rings. The molecule has 0 aliphatic rings. The quantitative estimate of drug-likeness (QED) is 0.816. The fourth-order valence-corrected chi connectivity index (χ4v) is 2.15. The van der Waals surface area contributed by atoms with E-state index in [-0.39, 0.29) is 0 Å². The van der Waals surface area contributed by atoms with Gasteiger partial charge in [-0.2, -0.15) is 0 Å². The first-order valence-corrected chi connectivity index (χ1v) is 6.49. The molecule has 1 unspecified atom stereocenters. The van der Waals surface area contributed by atoms with Crippen LogP contribution in [0, 0.1) is 19.8 Å². The average molecular weight is 251 g/mol. The molecule has 1 atom stereocenters. The molecule has 1 aromatic rings. The molecule has 102 valence electrons. The van der Waals surface area contributed by atoms with E-state index in [0.29, 0.717) is 12.5 Å². The van der Waals surface area contributed by atoms with Crippen LogP contribution in [-0.4, -0.2) is 25.3 Å². The third-order valence-electron chi connectivity index (χ3n) is 2.94. The topological polar surface area (TPSA) is 41.5 Å². The van der Waals surface area contributed by atoms with Gasteiger partial charge in [-0.15, -0.1) is 0 Å². The van der Waals surface area contributed by atoms with Crippen LogP contribution in [0.4, 0.5) is 0 Å². The maximum absolute atomic E-state index is 10.3. The van der Waals surface area contributed by atoms with E-state index in [2.05, 4.69) is 25.2 Å². The summed E-state index contributed by atoms with van der Waals surface area (Å²) in [5, 5.41) is 13.5. The summed E-state index contributed by atoms with van der Waals surface area (Å²) in [5.74, 6) is 1.35. The van der Waals surface area contributed by atoms with Crippen molar-refractivity contribution in [1.29, 1.82) is 0 Å². The van der Waals surface area contributed by atoms with Gasteiger partial charge < -0.3 is 15.2 Å². The van der Waals surface area contributed by atoms with Crippen molar-refractivity contribution in [3.63, 3.8) is 0 Å². The highest BCUT2D eigenvalue weighted by atomic mass is 16.5. The Morgan fingerprint density at radius 2 is 1.89 bits per heavy atom. The van der Waals surface area contributed by atoms with Gasteiger partial charge in [0.1, 0.15) is 5.75 Å². The highest BCUT2D eigenvalue weighted by Gasteiger charge is 2.16. The second-order valence-electron chi connectivity index (χ2n) is 5.27. The van der Waals surface area contributed by atoms with Gasteiger partial charge >= 0.3 is 0 Å². The molecule has 0 aliphatic carbocycles. The van der Waals surface area contributed by atoms with Crippen LogP contribution < -0.4 is 10.1 Å². The maximum atomic E-state index is 10.3. The Labute approximate surface area is 110 Å². The molecule has 0 amide bonds. The van der Waals surface area contributed by atoms with Crippen LogP contribution in [0.25, 0.3) is 0 Å². The Balaban J connectivity index is 2.81. The Bertz CT molecular complexity index is 388. The lowest BCUT2D eigenvalue weighted by atomic mass is 9.99. The van der Waals surface area contributed by atoms with Crippen molar-refractivity contribution in [3.8, 4) is 5.75 Å². The molecule has 0 heterocycles. The van der Waals surface area contributed by atoms with Gasteiger partial charge in [-0.1, -0.05) is 19.9 Å². The number of aliphatic hydroxyl groups is 1. The number of rotatable bonds is 6. The highest BCUT2D eigenvalue weighted by Crippen LogP contribution is 2.29. The predicted molar refractivity (Wildman–Crippen MR) is 75.1 cm³/mol. The average Bonchev–Trinajstić information content (AvgIpc) is 2.26. The van der Waals surface area contributed by atoms with Crippen molar-refractivity contribution in [2.75, 3.05) is 20.2 Å². The molecule has 0 aliphatic heterocycles. The van der Waals surface area contributed by atoms with Crippen molar-refractivity contribution < 1.29 is 9.84 Å². The largest absolute Gasteiger partial charge is 0.496 e. The summed E-state index contributed by atoms with van der Waals surface area (Å²) in [6.07, 6.45) is -0.528. The first-order valence-electron chi connectivity index (χ1n) is 6.49. The van der Waals surface area contributed by atoms with Crippen LogP contribution in [0.15, 0.2) is 12.1 Å². The lowest BCUT2D eigenvalue weighted by Gasteiger charge is -2.19. The predicted octanol–water partition coefficient (Wildman–Crippen LogP) is 2.59. The standard InChI is InChI=1S/C15H25NO2/c1-10(2)8-16-9-13(17)15-12(4)6-11(3)7-14(15)18-5/h6-7,10,13,16-17H,8-9H2,1-5H3. The Morgan fingerprint density at radius 3 is 2.44 bits per heavy atom. The molecular weight excluding hydrogens is 226 g/mol. The Kier molecular flexibility index (Phi) is 5.63. The molecule has 3 heteroatoms. The number of aryl methyl sites for hydroxylation is 2. The third-order valence-corrected chi connectivity index (χ3v) is 2.94. The molecular formula is C15H25NO2. The molecule has 0 saturated carbocycles. The summed E-state index contributed by atoms with van der Waals surface area (Å²) < 4.78 is 5.37. The van der Waals surface area contributed by atoms with Gasteiger partial charge in [-0.3, -0.25) is 0 Å². The number of ether oxygens (including phenoxy) is 1. The zero-order valence-electron chi connectivity index (χ0n) is 12.1. The van der Waals surface area contributed by atoms with Gasteiger partial charge in [0.25, 0.3) is 0 Å². The van der Waals surface area contributed by atoms with E-state index in [1.165, 1.54) is 0 Å². The van der Waals surface area contributed by atoms with E-state index in [0.717, 1.165) is 29.0 Å². The minimum absolute atomic E-state index is 0.528. The van der Waals surface area contributed by atoms with Crippen molar-refractivity contribution >= 4 is 0 Å². The number of nitrogens with one attached hydrogen (secondary N) is 1. The lowest BCUT2D eigenvalue weighted by Crippen LogP contribution is -2.26. The minimum atomic E-state index is -0.528. The first kappa shape index (κ1) is 15.0. The van der Waals surface area contributed by atoms with E-state index in [1.807, 2.05) is 19.9 Å². The Hall–Kier alpha value is -1.06. The molecule has 2 N–H and O–H groups in total. The van der Waals surface area contributed by atoms with Crippen LogP contribution in [0.1, 0.15) is 36.6 Å². The van der Waals surface area contributed by atoms with Gasteiger partial charge in [-0.05, 0) is 43.5 Å². The Morgan fingerprint density at radius 1 is 1.22 bits per heavy atom. The van der Waals surface area contributed by atoms with E-state index in [4.69, 9.17) is 4.74 Å². The smallest absolute Gasteiger partial charge is 0.125 e. The van der Waals surface area contributed by atoms with Gasteiger partial charge in [0, 0.05) is 12.1 Å². The summed E-state index contributed by atoms with van der Waals surface area (Å²) in [7, 11) is 1.64. The van der Waals surface area contributed by atoms with Crippen LogP contribution in [-0.2, 0) is 0 Å². The second-order valence-corrected chi connectivity index (χ2v) is 5.27. The van der Waals surface area contributed by atoms with Crippen molar-refractivity contribution in [2.24, 2.45) is 5.92 Å². The summed E-state index contributed by atoms with van der Waals surface area (Å²) in [6.45, 7) is 9.80. The minimum Gasteiger partial charge on any atom is -0.496 e. The molecule has 1 aromatic carbocycles. The molecule has 1 rings (SSSR count). The van der Waals surface area contributed by atoms with Crippen molar-refractivity contribution in [1.82, 2.24) is 5.32 Å². The highest BCUT2D eigenvalue weighted by molar-refractivity contribution is 5.44. The van der Waals surface area contributed by atoms with E-state index >= 15 is 0 Å². The normalized spacial score (nSPS) is 12.8. The summed E-state index contributed by atoms with van der Waals surface area (Å²) in [6, 6.07) is 4.04. The number of aliphatic hydroxyl groups excluding tert-OH is 1. The molecule has 0 aromatic heterocycles. The molecule has 0 spiro atoms. The monoisotopic (exact) mass is 251 g/mol. The van der Waals surface area contributed by atoms with Crippen LogP contribution in [0.2, 0.25) is 0 Å². The molecule has 0 radical (unpaired) electrons. The van der Waals surface area contributed by atoms with E-state index < -0.39 is 6.10 Å². The summed E-state index contributed by atoms with van der Waals surface area (Å²) >= 11 is 0. The summed E-state index contributed by atoms with van der Waals surface area (Å²) in [4.78, 5) is 0. The fraction of sp³-hybridized carbons (Fsp3) is 0.600. The van der Waals surface area contributed by atoms with Gasteiger partial charge in [0.05, 0.1) is 13.2 Å².